The van der Waals surface area contributed by atoms with Gasteiger partial charge in [-0.05, 0) is 22.3 Å². The molecular formula is C23H27N3S. The summed E-state index contributed by atoms with van der Waals surface area (Å²) in [5, 5.41) is 12.7. The first-order chi connectivity index (χ1) is 13.3. The Morgan fingerprint density at radius 2 is 1.85 bits per heavy atom. The molecule has 0 bridgehead atoms. The van der Waals surface area contributed by atoms with Crippen LogP contribution in [-0.4, -0.2) is 14.8 Å². The minimum absolute atomic E-state index is 0.766. The quantitative estimate of drug-likeness (QED) is 0.372. The van der Waals surface area contributed by atoms with Crippen LogP contribution in [-0.2, 0) is 18.7 Å². The molecule has 0 amide bonds. The number of allylic oxidation sites excluding steroid dienone is 1. The second-order valence-electron chi connectivity index (χ2n) is 7.43. The Bertz CT molecular complexity index is 904. The SMILES string of the molecule is C=CCn1c(CC2CCCCC2)nnc1SCc1cccc2ccccc12. The molecule has 1 saturated carbocycles. The fourth-order valence-electron chi connectivity index (χ4n) is 4.10. The Morgan fingerprint density at radius 1 is 1.04 bits per heavy atom. The molecule has 1 fully saturated rings. The lowest BCUT2D eigenvalue weighted by Gasteiger charge is -2.21. The summed E-state index contributed by atoms with van der Waals surface area (Å²) in [5.41, 5.74) is 1.35. The van der Waals surface area contributed by atoms with Crippen LogP contribution in [0.25, 0.3) is 10.8 Å². The molecule has 0 spiro atoms. The Labute approximate surface area is 165 Å². The molecule has 1 aliphatic carbocycles. The van der Waals surface area contributed by atoms with Crippen LogP contribution in [0.15, 0.2) is 60.3 Å². The van der Waals surface area contributed by atoms with Crippen LogP contribution in [0, 0.1) is 5.92 Å². The summed E-state index contributed by atoms with van der Waals surface area (Å²) in [4.78, 5) is 0. The Kier molecular flexibility index (Phi) is 5.93. The van der Waals surface area contributed by atoms with Gasteiger partial charge in [0, 0.05) is 18.7 Å². The smallest absolute Gasteiger partial charge is 0.191 e. The van der Waals surface area contributed by atoms with Crippen molar-refractivity contribution >= 4 is 22.5 Å². The van der Waals surface area contributed by atoms with E-state index in [-0.39, 0.29) is 0 Å². The van der Waals surface area contributed by atoms with E-state index < -0.39 is 0 Å². The van der Waals surface area contributed by atoms with Gasteiger partial charge in [-0.1, -0.05) is 92.4 Å². The van der Waals surface area contributed by atoms with Crippen LogP contribution in [0.5, 0.6) is 0 Å². The summed E-state index contributed by atoms with van der Waals surface area (Å²) in [7, 11) is 0. The number of thioether (sulfide) groups is 1. The third-order valence-electron chi connectivity index (χ3n) is 5.54. The van der Waals surface area contributed by atoms with E-state index in [9.17, 15) is 0 Å². The van der Waals surface area contributed by atoms with Gasteiger partial charge in [-0.2, -0.15) is 0 Å². The monoisotopic (exact) mass is 377 g/mol. The van der Waals surface area contributed by atoms with Crippen molar-refractivity contribution in [2.24, 2.45) is 5.92 Å². The van der Waals surface area contributed by atoms with Gasteiger partial charge in [0.1, 0.15) is 5.82 Å². The number of aromatic nitrogens is 3. The first kappa shape index (κ1) is 18.3. The fourth-order valence-corrected chi connectivity index (χ4v) is 5.07. The molecule has 0 saturated heterocycles. The van der Waals surface area contributed by atoms with Gasteiger partial charge in [0.2, 0.25) is 0 Å². The van der Waals surface area contributed by atoms with Gasteiger partial charge < -0.3 is 4.57 Å². The first-order valence-corrected chi connectivity index (χ1v) is 11.0. The van der Waals surface area contributed by atoms with E-state index in [0.29, 0.717) is 0 Å². The highest BCUT2D eigenvalue weighted by atomic mass is 32.2. The van der Waals surface area contributed by atoms with Crippen LogP contribution in [0.4, 0.5) is 0 Å². The lowest BCUT2D eigenvalue weighted by Crippen LogP contribution is -2.13. The van der Waals surface area contributed by atoms with Crippen molar-refractivity contribution in [3.8, 4) is 0 Å². The summed E-state index contributed by atoms with van der Waals surface area (Å²) in [5.74, 6) is 2.80. The molecule has 0 radical (unpaired) electrons. The van der Waals surface area contributed by atoms with Crippen molar-refractivity contribution in [1.29, 1.82) is 0 Å². The third-order valence-corrected chi connectivity index (χ3v) is 6.55. The maximum absolute atomic E-state index is 4.55. The van der Waals surface area contributed by atoms with Crippen LogP contribution < -0.4 is 0 Å². The normalized spacial score (nSPS) is 15.3. The molecule has 4 rings (SSSR count). The van der Waals surface area contributed by atoms with Gasteiger partial charge in [-0.25, -0.2) is 0 Å². The van der Waals surface area contributed by atoms with Gasteiger partial charge >= 0.3 is 0 Å². The molecule has 3 nitrogen and oxygen atoms in total. The van der Waals surface area contributed by atoms with E-state index in [1.54, 1.807) is 11.8 Å². The van der Waals surface area contributed by atoms with E-state index in [4.69, 9.17) is 0 Å². The predicted octanol–water partition coefficient (Wildman–Crippen LogP) is 6.03. The largest absolute Gasteiger partial charge is 0.302 e. The number of fused-ring (bicyclic) bond motifs is 1. The number of benzene rings is 2. The molecule has 1 aliphatic rings. The molecular weight excluding hydrogens is 350 g/mol. The standard InChI is InChI=1S/C23H27N3S/c1-2-15-26-22(16-18-9-4-3-5-10-18)24-25-23(26)27-17-20-13-8-12-19-11-6-7-14-21(19)20/h2,6-8,11-14,18H,1,3-5,9-10,15-17H2. The maximum Gasteiger partial charge on any atom is 0.191 e. The maximum atomic E-state index is 4.55. The highest BCUT2D eigenvalue weighted by Gasteiger charge is 2.19. The molecule has 4 heteroatoms. The fraction of sp³-hybridized carbons (Fsp3) is 0.391. The molecule has 0 aliphatic heterocycles. The minimum atomic E-state index is 0.766. The van der Waals surface area contributed by atoms with Crippen molar-refractivity contribution in [2.75, 3.05) is 0 Å². The lowest BCUT2D eigenvalue weighted by atomic mass is 9.87. The van der Waals surface area contributed by atoms with E-state index in [2.05, 4.69) is 63.8 Å². The summed E-state index contributed by atoms with van der Waals surface area (Å²) in [6, 6.07) is 15.1. The minimum Gasteiger partial charge on any atom is -0.302 e. The zero-order valence-electron chi connectivity index (χ0n) is 15.8. The van der Waals surface area contributed by atoms with Gasteiger partial charge in [0.25, 0.3) is 0 Å². The Morgan fingerprint density at radius 3 is 2.70 bits per heavy atom. The van der Waals surface area contributed by atoms with E-state index in [0.717, 1.165) is 35.6 Å². The highest BCUT2D eigenvalue weighted by Crippen LogP contribution is 2.30. The lowest BCUT2D eigenvalue weighted by molar-refractivity contribution is 0.347. The van der Waals surface area contributed by atoms with Crippen molar-refractivity contribution in [2.45, 2.75) is 56.0 Å². The van der Waals surface area contributed by atoms with Crippen molar-refractivity contribution in [1.82, 2.24) is 14.8 Å². The molecule has 140 valence electrons. The molecule has 1 heterocycles. The molecule has 1 aromatic heterocycles. The topological polar surface area (TPSA) is 30.7 Å². The van der Waals surface area contributed by atoms with Gasteiger partial charge in [-0.15, -0.1) is 16.8 Å². The molecule has 3 aromatic rings. The number of hydrogen-bond donors (Lipinski definition) is 0. The molecule has 0 atom stereocenters. The van der Waals surface area contributed by atoms with E-state index >= 15 is 0 Å². The second kappa shape index (κ2) is 8.75. The van der Waals surface area contributed by atoms with Gasteiger partial charge in [0.15, 0.2) is 5.16 Å². The first-order valence-electron chi connectivity index (χ1n) is 9.97. The molecule has 0 N–H and O–H groups in total. The van der Waals surface area contributed by atoms with E-state index in [1.165, 1.54) is 48.4 Å². The summed E-state index contributed by atoms with van der Waals surface area (Å²) in [6.07, 6.45) is 9.79. The summed E-state index contributed by atoms with van der Waals surface area (Å²) < 4.78 is 2.26. The summed E-state index contributed by atoms with van der Waals surface area (Å²) in [6.45, 7) is 4.72. The summed E-state index contributed by atoms with van der Waals surface area (Å²) >= 11 is 1.78. The number of nitrogens with zero attached hydrogens (tertiary/aromatic N) is 3. The third kappa shape index (κ3) is 4.27. The zero-order valence-corrected chi connectivity index (χ0v) is 16.6. The number of hydrogen-bond acceptors (Lipinski definition) is 3. The average Bonchev–Trinajstić information content (AvgIpc) is 3.09. The van der Waals surface area contributed by atoms with E-state index in [1.807, 2.05) is 6.08 Å². The van der Waals surface area contributed by atoms with Crippen LogP contribution in [0.1, 0.15) is 43.5 Å². The van der Waals surface area contributed by atoms with Crippen molar-refractivity contribution in [3.63, 3.8) is 0 Å². The molecule has 0 unspecified atom stereocenters. The average molecular weight is 378 g/mol. The molecule has 2 aromatic carbocycles. The van der Waals surface area contributed by atoms with Gasteiger partial charge in [0.05, 0.1) is 0 Å². The predicted molar refractivity (Wildman–Crippen MR) is 114 cm³/mol. The zero-order chi connectivity index (χ0) is 18.5. The van der Waals surface area contributed by atoms with Crippen LogP contribution in [0.2, 0.25) is 0 Å². The van der Waals surface area contributed by atoms with Crippen molar-refractivity contribution in [3.05, 3.63) is 66.5 Å². The Hall–Kier alpha value is -2.07. The van der Waals surface area contributed by atoms with Crippen LogP contribution in [0.3, 0.4) is 0 Å². The van der Waals surface area contributed by atoms with Crippen molar-refractivity contribution < 1.29 is 0 Å². The Balaban J connectivity index is 1.51. The van der Waals surface area contributed by atoms with Gasteiger partial charge in [-0.3, -0.25) is 0 Å². The highest BCUT2D eigenvalue weighted by molar-refractivity contribution is 7.98. The molecule has 27 heavy (non-hydrogen) atoms. The number of rotatable bonds is 7. The second-order valence-corrected chi connectivity index (χ2v) is 8.38. The van der Waals surface area contributed by atoms with Crippen LogP contribution >= 0.6 is 11.8 Å².